The van der Waals surface area contributed by atoms with Gasteiger partial charge in [0.2, 0.25) is 15.9 Å². The molecule has 3 aromatic rings. The third kappa shape index (κ3) is 4.84. The average Bonchev–Trinajstić information content (AvgIpc) is 3.29. The monoisotopic (exact) mass is 456 g/mol. The molecule has 1 amide bonds. The maximum Gasteiger partial charge on any atom is 0.248 e. The van der Waals surface area contributed by atoms with Gasteiger partial charge in [-0.3, -0.25) is 9.36 Å². The van der Waals surface area contributed by atoms with E-state index >= 15 is 0 Å². The number of benzene rings is 1. The summed E-state index contributed by atoms with van der Waals surface area (Å²) >= 11 is 0. The third-order valence-electron chi connectivity index (χ3n) is 5.17. The zero-order chi connectivity index (χ0) is 23.5. The van der Waals surface area contributed by atoms with E-state index in [4.69, 9.17) is 4.52 Å². The van der Waals surface area contributed by atoms with E-state index < -0.39 is 10.0 Å². The number of anilines is 1. The first kappa shape index (κ1) is 23.5. The van der Waals surface area contributed by atoms with E-state index in [0.717, 1.165) is 17.0 Å². The predicted octanol–water partition coefficient (Wildman–Crippen LogP) is 4.07. The Morgan fingerprint density at radius 1 is 1.16 bits per heavy atom. The number of aromatic nitrogens is 2. The lowest BCUT2D eigenvalue weighted by Crippen LogP contribution is -2.30. The summed E-state index contributed by atoms with van der Waals surface area (Å²) in [5.41, 5.74) is 3.17. The smallest absolute Gasteiger partial charge is 0.248 e. The van der Waals surface area contributed by atoms with Crippen molar-refractivity contribution in [1.29, 1.82) is 0 Å². The van der Waals surface area contributed by atoms with Gasteiger partial charge in [0.15, 0.2) is 5.82 Å². The van der Waals surface area contributed by atoms with E-state index in [2.05, 4.69) is 10.5 Å². The summed E-state index contributed by atoms with van der Waals surface area (Å²) in [6.07, 6.45) is 3.14. The van der Waals surface area contributed by atoms with E-state index in [9.17, 15) is 13.2 Å². The van der Waals surface area contributed by atoms with Crippen molar-refractivity contribution in [2.45, 2.75) is 39.5 Å². The second-order valence-corrected chi connectivity index (χ2v) is 9.34. The number of nitrogens with one attached hydrogen (secondary N) is 1. The highest BCUT2D eigenvalue weighted by molar-refractivity contribution is 7.89. The van der Waals surface area contributed by atoms with Crippen LogP contribution in [0, 0.1) is 20.8 Å². The summed E-state index contributed by atoms with van der Waals surface area (Å²) in [5, 5.41) is 6.79. The number of sulfonamides is 1. The maximum absolute atomic E-state index is 12.7. The Kier molecular flexibility index (Phi) is 7.00. The van der Waals surface area contributed by atoms with Crippen molar-refractivity contribution >= 4 is 27.7 Å². The summed E-state index contributed by atoms with van der Waals surface area (Å²) in [6, 6.07) is 10.1. The molecule has 2 heterocycles. The highest BCUT2D eigenvalue weighted by Crippen LogP contribution is 2.22. The number of carbonyl (C=O) groups excluding carboxylic acids is 1. The molecule has 0 bridgehead atoms. The molecule has 0 spiro atoms. The molecule has 0 radical (unpaired) electrons. The van der Waals surface area contributed by atoms with Crippen LogP contribution in [0.2, 0.25) is 0 Å². The summed E-state index contributed by atoms with van der Waals surface area (Å²) in [5.74, 6) is 1.05. The van der Waals surface area contributed by atoms with E-state index in [-0.39, 0.29) is 10.8 Å². The summed E-state index contributed by atoms with van der Waals surface area (Å²) in [6.45, 7) is 10.1. The number of carbonyl (C=O) groups is 1. The molecule has 170 valence electrons. The van der Waals surface area contributed by atoms with Gasteiger partial charge in [-0.25, -0.2) is 8.42 Å². The van der Waals surface area contributed by atoms with Crippen LogP contribution in [0.3, 0.4) is 0 Å². The zero-order valence-corrected chi connectivity index (χ0v) is 19.7. The van der Waals surface area contributed by atoms with Crippen molar-refractivity contribution in [3.63, 3.8) is 0 Å². The molecule has 0 saturated heterocycles. The SMILES string of the molecule is CCN(CC)S(=O)(=O)c1cccc(NC(=O)/C=C/c2cc(C)n(-c3cc(C)on3)c2C)c1. The molecule has 1 N–H and O–H groups in total. The fourth-order valence-corrected chi connectivity index (χ4v) is 5.07. The second-order valence-electron chi connectivity index (χ2n) is 7.40. The van der Waals surface area contributed by atoms with Crippen LogP contribution in [0.25, 0.3) is 11.9 Å². The molecule has 32 heavy (non-hydrogen) atoms. The first-order chi connectivity index (χ1) is 15.2. The van der Waals surface area contributed by atoms with Crippen molar-refractivity contribution in [2.24, 2.45) is 0 Å². The van der Waals surface area contributed by atoms with E-state index in [0.29, 0.717) is 30.4 Å². The number of nitrogens with zero attached hydrogens (tertiary/aromatic N) is 3. The Labute approximate surface area is 188 Å². The first-order valence-corrected chi connectivity index (χ1v) is 11.8. The summed E-state index contributed by atoms with van der Waals surface area (Å²) in [4.78, 5) is 12.6. The molecule has 0 aliphatic carbocycles. The molecule has 1 aromatic carbocycles. The normalized spacial score (nSPS) is 12.1. The summed E-state index contributed by atoms with van der Waals surface area (Å²) in [7, 11) is -3.60. The standard InChI is InChI=1S/C23H28N4O4S/c1-6-26(7-2)32(29,30)21-10-8-9-20(15-21)24-23(28)12-11-19-13-16(3)27(18(19)5)22-14-17(4)31-25-22/h8-15H,6-7H2,1-5H3,(H,24,28)/b12-11+. The van der Waals surface area contributed by atoms with Crippen LogP contribution in [0.1, 0.15) is 36.6 Å². The number of amides is 1. The van der Waals surface area contributed by atoms with Gasteiger partial charge in [-0.15, -0.1) is 0 Å². The lowest BCUT2D eigenvalue weighted by atomic mass is 10.2. The predicted molar refractivity (Wildman–Crippen MR) is 124 cm³/mol. The van der Waals surface area contributed by atoms with Gasteiger partial charge in [0, 0.05) is 42.3 Å². The molecular weight excluding hydrogens is 428 g/mol. The molecule has 0 aliphatic rings. The highest BCUT2D eigenvalue weighted by atomic mass is 32.2. The molecule has 0 fully saturated rings. The summed E-state index contributed by atoms with van der Waals surface area (Å²) < 4.78 is 33.9. The molecule has 0 saturated carbocycles. The molecular formula is C23H28N4O4S. The Bertz CT molecular complexity index is 1250. The molecule has 0 aliphatic heterocycles. The van der Waals surface area contributed by atoms with Crippen LogP contribution in [-0.4, -0.2) is 41.4 Å². The van der Waals surface area contributed by atoms with Gasteiger partial charge >= 0.3 is 0 Å². The van der Waals surface area contributed by atoms with Crippen molar-refractivity contribution in [2.75, 3.05) is 18.4 Å². The quantitative estimate of drug-likeness (QED) is 0.515. The Hall–Kier alpha value is -3.17. The molecule has 9 heteroatoms. The maximum atomic E-state index is 12.7. The van der Waals surface area contributed by atoms with Crippen LogP contribution >= 0.6 is 0 Å². The van der Waals surface area contributed by atoms with Gasteiger partial charge in [0.1, 0.15) is 5.76 Å². The van der Waals surface area contributed by atoms with Crippen molar-refractivity contribution < 1.29 is 17.7 Å². The number of rotatable bonds is 8. The van der Waals surface area contributed by atoms with Crippen LogP contribution in [0.4, 0.5) is 5.69 Å². The van der Waals surface area contributed by atoms with E-state index in [1.165, 1.54) is 22.5 Å². The minimum absolute atomic E-state index is 0.148. The van der Waals surface area contributed by atoms with Crippen LogP contribution < -0.4 is 5.32 Å². The van der Waals surface area contributed by atoms with Gasteiger partial charge in [-0.1, -0.05) is 25.1 Å². The third-order valence-corrected chi connectivity index (χ3v) is 7.22. The van der Waals surface area contributed by atoms with E-state index in [1.54, 1.807) is 32.1 Å². The Morgan fingerprint density at radius 3 is 2.50 bits per heavy atom. The van der Waals surface area contributed by atoms with Crippen LogP contribution in [0.5, 0.6) is 0 Å². The first-order valence-electron chi connectivity index (χ1n) is 10.4. The van der Waals surface area contributed by atoms with Gasteiger partial charge in [-0.2, -0.15) is 4.31 Å². The Morgan fingerprint density at radius 2 is 1.88 bits per heavy atom. The topological polar surface area (TPSA) is 97.4 Å². The minimum Gasteiger partial charge on any atom is -0.360 e. The molecule has 2 aromatic heterocycles. The van der Waals surface area contributed by atoms with Gasteiger partial charge in [0.05, 0.1) is 4.90 Å². The van der Waals surface area contributed by atoms with Gasteiger partial charge in [-0.05, 0) is 56.7 Å². The van der Waals surface area contributed by atoms with Gasteiger partial charge in [0.25, 0.3) is 0 Å². The fraction of sp³-hybridized carbons (Fsp3) is 0.304. The van der Waals surface area contributed by atoms with Gasteiger partial charge < -0.3 is 9.84 Å². The second kappa shape index (κ2) is 9.54. The number of hydrogen-bond acceptors (Lipinski definition) is 5. The van der Waals surface area contributed by atoms with Crippen LogP contribution in [0.15, 0.2) is 51.9 Å². The van der Waals surface area contributed by atoms with Crippen LogP contribution in [-0.2, 0) is 14.8 Å². The Balaban J connectivity index is 1.77. The number of aryl methyl sites for hydroxylation is 2. The van der Waals surface area contributed by atoms with E-state index in [1.807, 2.05) is 37.5 Å². The minimum atomic E-state index is -3.60. The fourth-order valence-electron chi connectivity index (χ4n) is 3.56. The zero-order valence-electron chi connectivity index (χ0n) is 18.9. The molecule has 0 atom stereocenters. The highest BCUT2D eigenvalue weighted by Gasteiger charge is 2.21. The number of hydrogen-bond donors (Lipinski definition) is 1. The van der Waals surface area contributed by atoms with Crippen molar-refractivity contribution in [1.82, 2.24) is 14.0 Å². The largest absolute Gasteiger partial charge is 0.360 e. The molecule has 3 rings (SSSR count). The van der Waals surface area contributed by atoms with Crippen molar-refractivity contribution in [3.05, 3.63) is 65.2 Å². The lowest BCUT2D eigenvalue weighted by Gasteiger charge is -2.18. The van der Waals surface area contributed by atoms with Crippen molar-refractivity contribution in [3.8, 4) is 5.82 Å². The average molecular weight is 457 g/mol. The lowest BCUT2D eigenvalue weighted by molar-refractivity contribution is -0.111. The molecule has 8 nitrogen and oxygen atoms in total. The molecule has 0 unspecified atom stereocenters.